The van der Waals surface area contributed by atoms with E-state index in [-0.39, 0.29) is 17.4 Å². The van der Waals surface area contributed by atoms with Gasteiger partial charge in [-0.15, -0.1) is 11.3 Å². The number of benzene rings is 1. The number of aryl methyl sites for hydroxylation is 1. The molecule has 0 bridgehead atoms. The second kappa shape index (κ2) is 9.95. The Kier molecular flexibility index (Phi) is 7.29. The summed E-state index contributed by atoms with van der Waals surface area (Å²) in [5, 5.41) is 3.13. The molecule has 1 N–H and O–H groups in total. The summed E-state index contributed by atoms with van der Waals surface area (Å²) in [6.07, 6.45) is 1.34. The van der Waals surface area contributed by atoms with Gasteiger partial charge in [-0.3, -0.25) is 14.2 Å². The van der Waals surface area contributed by atoms with Crippen molar-refractivity contribution in [2.24, 2.45) is 5.92 Å². The molecule has 0 spiro atoms. The number of esters is 1. The fraction of sp³-hybridized carbons (Fsp3) is 0.391. The number of fused-ring (bicyclic) bond motifs is 1. The van der Waals surface area contributed by atoms with E-state index in [1.807, 2.05) is 20.8 Å². The van der Waals surface area contributed by atoms with Crippen molar-refractivity contribution < 1.29 is 19.1 Å². The van der Waals surface area contributed by atoms with E-state index in [1.54, 1.807) is 38.1 Å². The van der Waals surface area contributed by atoms with E-state index in [0.29, 0.717) is 45.3 Å². The van der Waals surface area contributed by atoms with E-state index < -0.39 is 12.0 Å². The Labute approximate surface area is 190 Å². The Morgan fingerprint density at radius 3 is 2.50 bits per heavy atom. The number of nitrogens with one attached hydrogen (secondary N) is 1. The van der Waals surface area contributed by atoms with E-state index in [0.717, 1.165) is 11.3 Å². The molecule has 1 aromatic carbocycles. The van der Waals surface area contributed by atoms with Crippen LogP contribution in [0.25, 0.3) is 10.2 Å². The quantitative estimate of drug-likeness (QED) is 0.510. The Morgan fingerprint density at radius 1 is 1.19 bits per heavy atom. The van der Waals surface area contributed by atoms with Gasteiger partial charge < -0.3 is 14.8 Å². The van der Waals surface area contributed by atoms with E-state index in [1.165, 1.54) is 10.9 Å². The van der Waals surface area contributed by atoms with Crippen molar-refractivity contribution in [3.05, 3.63) is 51.4 Å². The molecule has 0 saturated heterocycles. The van der Waals surface area contributed by atoms with Crippen LogP contribution in [0.5, 0.6) is 5.75 Å². The van der Waals surface area contributed by atoms with Gasteiger partial charge in [-0.2, -0.15) is 0 Å². The van der Waals surface area contributed by atoms with E-state index >= 15 is 0 Å². The van der Waals surface area contributed by atoms with Gasteiger partial charge in [0.15, 0.2) is 0 Å². The molecule has 9 heteroatoms. The number of ether oxygens (including phenoxy) is 2. The third-order valence-electron chi connectivity index (χ3n) is 4.84. The van der Waals surface area contributed by atoms with Crippen molar-refractivity contribution in [1.82, 2.24) is 9.55 Å². The van der Waals surface area contributed by atoms with Crippen LogP contribution in [-0.4, -0.2) is 34.6 Å². The van der Waals surface area contributed by atoms with Gasteiger partial charge in [-0.25, -0.2) is 9.78 Å². The number of nitrogens with zero attached hydrogens (tertiary/aromatic N) is 2. The maximum Gasteiger partial charge on any atom is 0.348 e. The smallest absolute Gasteiger partial charge is 0.348 e. The summed E-state index contributed by atoms with van der Waals surface area (Å²) in [5.41, 5.74) is 0.736. The Balaban J connectivity index is 1.84. The van der Waals surface area contributed by atoms with Crippen LogP contribution in [0, 0.1) is 12.8 Å². The molecule has 8 nitrogen and oxygen atoms in total. The van der Waals surface area contributed by atoms with Crippen molar-refractivity contribution >= 4 is 39.1 Å². The van der Waals surface area contributed by atoms with Crippen LogP contribution < -0.4 is 15.6 Å². The molecule has 3 aromatic rings. The zero-order chi connectivity index (χ0) is 23.4. The third kappa shape index (κ3) is 4.99. The van der Waals surface area contributed by atoms with Gasteiger partial charge in [0, 0.05) is 5.69 Å². The summed E-state index contributed by atoms with van der Waals surface area (Å²) in [6, 6.07) is 6.19. The van der Waals surface area contributed by atoms with Gasteiger partial charge in [-0.1, -0.05) is 13.8 Å². The molecule has 1 amide bonds. The first-order valence-corrected chi connectivity index (χ1v) is 11.3. The molecule has 0 aliphatic carbocycles. The molecule has 0 aliphatic heterocycles. The Hall–Kier alpha value is -3.20. The Bertz CT molecular complexity index is 1180. The van der Waals surface area contributed by atoms with Gasteiger partial charge >= 0.3 is 5.97 Å². The average molecular weight is 458 g/mol. The number of thiophene rings is 1. The number of carbonyl (C=O) groups excluding carboxylic acids is 2. The predicted octanol–water partition coefficient (Wildman–Crippen LogP) is 4.18. The van der Waals surface area contributed by atoms with Crippen molar-refractivity contribution in [2.75, 3.05) is 18.5 Å². The van der Waals surface area contributed by atoms with Crippen molar-refractivity contribution in [3.8, 4) is 5.75 Å². The van der Waals surface area contributed by atoms with E-state index in [9.17, 15) is 14.4 Å². The minimum atomic E-state index is -0.804. The maximum absolute atomic E-state index is 13.1. The third-order valence-corrected chi connectivity index (χ3v) is 6.02. The average Bonchev–Trinajstić information content (AvgIpc) is 3.10. The number of amides is 1. The standard InChI is InChI=1S/C23H27N3O5S/c1-6-30-17-9-7-16(8-10-17)25-20(27)15(5)26-12-24-21-18(22(26)28)14(4)19(32-21)23(29)31-11-13(2)3/h7-10,12-13,15H,6,11H2,1-5H3,(H,25,27). The van der Waals surface area contributed by atoms with Gasteiger partial charge in [0.25, 0.3) is 5.56 Å². The zero-order valence-electron chi connectivity index (χ0n) is 18.8. The number of anilines is 1. The first-order valence-electron chi connectivity index (χ1n) is 10.4. The highest BCUT2D eigenvalue weighted by atomic mass is 32.1. The van der Waals surface area contributed by atoms with E-state index in [4.69, 9.17) is 9.47 Å². The van der Waals surface area contributed by atoms with Crippen LogP contribution in [0.2, 0.25) is 0 Å². The number of rotatable bonds is 8. The summed E-state index contributed by atoms with van der Waals surface area (Å²) < 4.78 is 12.0. The van der Waals surface area contributed by atoms with Gasteiger partial charge in [0.2, 0.25) is 5.91 Å². The van der Waals surface area contributed by atoms with Crippen molar-refractivity contribution in [3.63, 3.8) is 0 Å². The summed E-state index contributed by atoms with van der Waals surface area (Å²) in [4.78, 5) is 43.5. The van der Waals surface area contributed by atoms with Crippen LogP contribution >= 0.6 is 11.3 Å². The van der Waals surface area contributed by atoms with Crippen LogP contribution in [0.4, 0.5) is 5.69 Å². The lowest BCUT2D eigenvalue weighted by Gasteiger charge is -2.15. The van der Waals surface area contributed by atoms with Crippen LogP contribution in [0.15, 0.2) is 35.4 Å². The molecule has 3 rings (SSSR count). The maximum atomic E-state index is 13.1. The first-order chi connectivity index (χ1) is 15.2. The summed E-state index contributed by atoms with van der Waals surface area (Å²) in [5.74, 6) is 0.0899. The molecule has 2 heterocycles. The first kappa shape index (κ1) is 23.5. The van der Waals surface area contributed by atoms with E-state index in [2.05, 4.69) is 10.3 Å². The predicted molar refractivity (Wildman–Crippen MR) is 125 cm³/mol. The highest BCUT2D eigenvalue weighted by molar-refractivity contribution is 7.20. The highest BCUT2D eigenvalue weighted by Gasteiger charge is 2.23. The van der Waals surface area contributed by atoms with Gasteiger partial charge in [0.05, 0.1) is 24.9 Å². The number of carbonyl (C=O) groups is 2. The number of hydrogen-bond donors (Lipinski definition) is 1. The normalized spacial score (nSPS) is 12.1. The van der Waals surface area contributed by atoms with Gasteiger partial charge in [-0.05, 0) is 56.5 Å². The summed E-state index contributed by atoms with van der Waals surface area (Å²) >= 11 is 1.12. The molecular formula is C23H27N3O5S. The second-order valence-electron chi connectivity index (χ2n) is 7.81. The molecule has 32 heavy (non-hydrogen) atoms. The monoisotopic (exact) mass is 457 g/mol. The molecule has 0 fully saturated rings. The summed E-state index contributed by atoms with van der Waals surface area (Å²) in [6.45, 7) is 9.97. The van der Waals surface area contributed by atoms with Crippen molar-refractivity contribution in [2.45, 2.75) is 40.7 Å². The fourth-order valence-electron chi connectivity index (χ4n) is 3.09. The Morgan fingerprint density at radius 2 is 1.88 bits per heavy atom. The lowest BCUT2D eigenvalue weighted by Crippen LogP contribution is -2.31. The highest BCUT2D eigenvalue weighted by Crippen LogP contribution is 2.28. The largest absolute Gasteiger partial charge is 0.494 e. The fourth-order valence-corrected chi connectivity index (χ4v) is 4.12. The zero-order valence-corrected chi connectivity index (χ0v) is 19.6. The van der Waals surface area contributed by atoms with Gasteiger partial charge in [0.1, 0.15) is 21.5 Å². The lowest BCUT2D eigenvalue weighted by atomic mass is 10.2. The number of hydrogen-bond acceptors (Lipinski definition) is 7. The second-order valence-corrected chi connectivity index (χ2v) is 8.81. The van der Waals surface area contributed by atoms with Crippen LogP contribution in [0.3, 0.4) is 0 Å². The molecule has 0 saturated carbocycles. The van der Waals surface area contributed by atoms with Crippen LogP contribution in [0.1, 0.15) is 49.0 Å². The van der Waals surface area contributed by atoms with Crippen LogP contribution in [-0.2, 0) is 9.53 Å². The van der Waals surface area contributed by atoms with Crippen molar-refractivity contribution in [1.29, 1.82) is 0 Å². The molecule has 1 unspecified atom stereocenters. The lowest BCUT2D eigenvalue weighted by molar-refractivity contribution is -0.118. The topological polar surface area (TPSA) is 99.5 Å². The molecule has 2 aromatic heterocycles. The molecular weight excluding hydrogens is 430 g/mol. The minimum absolute atomic E-state index is 0.207. The molecule has 1 atom stereocenters. The SMILES string of the molecule is CCOc1ccc(NC(=O)C(C)n2cnc3sc(C(=O)OCC(C)C)c(C)c3c2=O)cc1. The molecule has 170 valence electrons. The number of aromatic nitrogens is 2. The molecule has 0 aliphatic rings. The summed E-state index contributed by atoms with van der Waals surface area (Å²) in [7, 11) is 0. The minimum Gasteiger partial charge on any atom is -0.494 e. The molecule has 0 radical (unpaired) electrons.